The van der Waals surface area contributed by atoms with Gasteiger partial charge in [0.25, 0.3) is 0 Å². The van der Waals surface area contributed by atoms with Crippen LogP contribution in [0.15, 0.2) is 48.8 Å². The first kappa shape index (κ1) is 13.6. The number of hydrogen-bond acceptors (Lipinski definition) is 1. The lowest BCUT2D eigenvalue weighted by Gasteiger charge is -2.21. The fourth-order valence-corrected chi connectivity index (χ4v) is 3.46. The van der Waals surface area contributed by atoms with Gasteiger partial charge in [0.05, 0.1) is 0 Å². The number of halogens is 1. The molecular weight excluding hydrogens is 266 g/mol. The molecule has 3 rings (SSSR count). The summed E-state index contributed by atoms with van der Waals surface area (Å²) in [6.45, 7) is 0. The molecule has 0 radical (unpaired) electrons. The molecule has 1 unspecified atom stereocenters. The van der Waals surface area contributed by atoms with Crippen molar-refractivity contribution in [1.29, 1.82) is 0 Å². The maximum atomic E-state index is 6.02. The quantitative estimate of drug-likeness (QED) is 0.728. The maximum absolute atomic E-state index is 6.02. The summed E-state index contributed by atoms with van der Waals surface area (Å²) >= 11 is 6.02. The predicted molar refractivity (Wildman–Crippen MR) is 84.1 cm³/mol. The normalized spacial score (nSPS) is 17.2. The van der Waals surface area contributed by atoms with Crippen molar-refractivity contribution >= 4 is 11.6 Å². The molecule has 1 nitrogen and oxygen atoms in total. The van der Waals surface area contributed by atoms with Crippen LogP contribution in [0, 0.1) is 5.92 Å². The highest BCUT2D eigenvalue weighted by atomic mass is 35.5. The van der Waals surface area contributed by atoms with Crippen LogP contribution in [0.3, 0.4) is 0 Å². The van der Waals surface area contributed by atoms with Crippen molar-refractivity contribution < 1.29 is 0 Å². The molecule has 0 N–H and O–H groups in total. The smallest absolute Gasteiger partial charge is 0.0406 e. The molecule has 1 heterocycles. The summed E-state index contributed by atoms with van der Waals surface area (Å²) in [6, 6.07) is 12.6. The first-order valence-corrected chi connectivity index (χ1v) is 7.86. The van der Waals surface area contributed by atoms with Crippen LogP contribution in [-0.2, 0) is 0 Å². The zero-order valence-electron chi connectivity index (χ0n) is 11.6. The standard InChI is InChI=1S/C18H20ClN/c19-17-7-5-15(6-8-17)18(13-14-3-1-2-4-14)16-9-11-20-12-10-16/h5-12,14,18H,1-4,13H2. The Hall–Kier alpha value is -1.34. The summed E-state index contributed by atoms with van der Waals surface area (Å²) in [5.74, 6) is 1.34. The molecule has 0 saturated heterocycles. The van der Waals surface area contributed by atoms with Crippen molar-refractivity contribution in [1.82, 2.24) is 4.98 Å². The minimum Gasteiger partial charge on any atom is -0.265 e. The molecular formula is C18H20ClN. The van der Waals surface area contributed by atoms with Crippen LogP contribution in [0.2, 0.25) is 5.02 Å². The Balaban J connectivity index is 1.88. The van der Waals surface area contributed by atoms with E-state index in [1.165, 1.54) is 43.2 Å². The lowest BCUT2D eigenvalue weighted by Crippen LogP contribution is -2.07. The third kappa shape index (κ3) is 3.21. The summed E-state index contributed by atoms with van der Waals surface area (Å²) < 4.78 is 0. The van der Waals surface area contributed by atoms with Crippen molar-refractivity contribution in [2.45, 2.75) is 38.0 Å². The van der Waals surface area contributed by atoms with Crippen molar-refractivity contribution in [3.05, 3.63) is 64.9 Å². The van der Waals surface area contributed by atoms with E-state index < -0.39 is 0 Å². The van der Waals surface area contributed by atoms with Gasteiger partial charge in [-0.05, 0) is 47.7 Å². The Morgan fingerprint density at radius 3 is 2.20 bits per heavy atom. The van der Waals surface area contributed by atoms with Gasteiger partial charge >= 0.3 is 0 Å². The third-order valence-corrected chi connectivity index (χ3v) is 4.68. The number of hydrogen-bond donors (Lipinski definition) is 0. The molecule has 1 aromatic carbocycles. The van der Waals surface area contributed by atoms with Crippen LogP contribution >= 0.6 is 11.6 Å². The molecule has 0 amide bonds. The summed E-state index contributed by atoms with van der Waals surface area (Å²) in [5, 5.41) is 0.808. The van der Waals surface area contributed by atoms with Gasteiger partial charge in [-0.25, -0.2) is 0 Å². The van der Waals surface area contributed by atoms with E-state index in [-0.39, 0.29) is 0 Å². The van der Waals surface area contributed by atoms with Crippen molar-refractivity contribution in [2.75, 3.05) is 0 Å². The van der Waals surface area contributed by atoms with Gasteiger partial charge in [-0.2, -0.15) is 0 Å². The minimum absolute atomic E-state index is 0.471. The first-order valence-electron chi connectivity index (χ1n) is 7.48. The van der Waals surface area contributed by atoms with E-state index in [2.05, 4.69) is 29.2 Å². The first-order chi connectivity index (χ1) is 9.83. The lowest BCUT2D eigenvalue weighted by atomic mass is 9.83. The van der Waals surface area contributed by atoms with E-state index in [0.29, 0.717) is 5.92 Å². The summed E-state index contributed by atoms with van der Waals surface area (Å²) in [5.41, 5.74) is 2.74. The van der Waals surface area contributed by atoms with Crippen LogP contribution in [0.5, 0.6) is 0 Å². The van der Waals surface area contributed by atoms with Gasteiger partial charge in [-0.3, -0.25) is 4.98 Å². The monoisotopic (exact) mass is 285 g/mol. The van der Waals surface area contributed by atoms with Crippen LogP contribution in [-0.4, -0.2) is 4.98 Å². The van der Waals surface area contributed by atoms with Gasteiger partial charge in [-0.1, -0.05) is 49.4 Å². The zero-order valence-corrected chi connectivity index (χ0v) is 12.4. The van der Waals surface area contributed by atoms with Crippen LogP contribution in [0.1, 0.15) is 49.1 Å². The Labute approximate surface area is 126 Å². The van der Waals surface area contributed by atoms with Crippen molar-refractivity contribution in [2.24, 2.45) is 5.92 Å². The largest absolute Gasteiger partial charge is 0.265 e. The van der Waals surface area contributed by atoms with Crippen LogP contribution < -0.4 is 0 Å². The van der Waals surface area contributed by atoms with Gasteiger partial charge in [-0.15, -0.1) is 0 Å². The van der Waals surface area contributed by atoms with Crippen molar-refractivity contribution in [3.63, 3.8) is 0 Å². The van der Waals surface area contributed by atoms with Gasteiger partial charge < -0.3 is 0 Å². The summed E-state index contributed by atoms with van der Waals surface area (Å²) in [6.07, 6.45) is 10.6. The summed E-state index contributed by atoms with van der Waals surface area (Å²) in [7, 11) is 0. The molecule has 2 aromatic rings. The molecule has 20 heavy (non-hydrogen) atoms. The number of pyridine rings is 1. The second-order valence-corrected chi connectivity index (χ2v) is 6.21. The van der Waals surface area contributed by atoms with Crippen LogP contribution in [0.25, 0.3) is 0 Å². The summed E-state index contributed by atoms with van der Waals surface area (Å²) in [4.78, 5) is 4.15. The molecule has 2 heteroatoms. The van der Waals surface area contributed by atoms with E-state index >= 15 is 0 Å². The third-order valence-electron chi connectivity index (χ3n) is 4.42. The second kappa shape index (κ2) is 6.41. The van der Waals surface area contributed by atoms with E-state index in [9.17, 15) is 0 Å². The lowest BCUT2D eigenvalue weighted by molar-refractivity contribution is 0.473. The molecule has 1 aliphatic carbocycles. The highest BCUT2D eigenvalue weighted by molar-refractivity contribution is 6.30. The van der Waals surface area contributed by atoms with E-state index in [4.69, 9.17) is 11.6 Å². The van der Waals surface area contributed by atoms with Crippen molar-refractivity contribution in [3.8, 4) is 0 Å². The van der Waals surface area contributed by atoms with Gasteiger partial charge in [0, 0.05) is 23.3 Å². The number of benzene rings is 1. The highest BCUT2D eigenvalue weighted by Crippen LogP contribution is 2.37. The molecule has 1 saturated carbocycles. The van der Waals surface area contributed by atoms with E-state index in [1.807, 2.05) is 24.5 Å². The second-order valence-electron chi connectivity index (χ2n) is 5.77. The molecule has 0 aliphatic heterocycles. The van der Waals surface area contributed by atoms with Gasteiger partial charge in [0.1, 0.15) is 0 Å². The number of aromatic nitrogens is 1. The number of rotatable bonds is 4. The van der Waals surface area contributed by atoms with Gasteiger partial charge in [0.15, 0.2) is 0 Å². The Bertz CT molecular complexity index is 529. The van der Waals surface area contributed by atoms with Gasteiger partial charge in [0.2, 0.25) is 0 Å². The average molecular weight is 286 g/mol. The number of nitrogens with zero attached hydrogens (tertiary/aromatic N) is 1. The zero-order chi connectivity index (χ0) is 13.8. The molecule has 0 spiro atoms. The SMILES string of the molecule is Clc1ccc(C(CC2CCCC2)c2ccncc2)cc1. The molecule has 1 atom stereocenters. The molecule has 0 bridgehead atoms. The topological polar surface area (TPSA) is 12.9 Å². The highest BCUT2D eigenvalue weighted by Gasteiger charge is 2.22. The van der Waals surface area contributed by atoms with E-state index in [1.54, 1.807) is 0 Å². The molecule has 1 aromatic heterocycles. The fourth-order valence-electron chi connectivity index (χ4n) is 3.33. The Morgan fingerprint density at radius 2 is 1.55 bits per heavy atom. The fraction of sp³-hybridized carbons (Fsp3) is 0.389. The molecule has 104 valence electrons. The average Bonchev–Trinajstić information content (AvgIpc) is 3.00. The Morgan fingerprint density at radius 1 is 0.950 bits per heavy atom. The minimum atomic E-state index is 0.471. The predicted octanol–water partition coefficient (Wildman–Crippen LogP) is 5.45. The molecule has 1 fully saturated rings. The van der Waals surface area contributed by atoms with E-state index in [0.717, 1.165) is 10.9 Å². The Kier molecular flexibility index (Phi) is 4.37. The maximum Gasteiger partial charge on any atom is 0.0406 e. The van der Waals surface area contributed by atoms with Crippen LogP contribution in [0.4, 0.5) is 0 Å². The molecule has 1 aliphatic rings.